The summed E-state index contributed by atoms with van der Waals surface area (Å²) in [4.78, 5) is 39.0. The zero-order valence-corrected chi connectivity index (χ0v) is 11.7. The summed E-state index contributed by atoms with van der Waals surface area (Å²) in [7, 11) is 0. The predicted octanol–water partition coefficient (Wildman–Crippen LogP) is 0.413. The number of nitrogen functional groups attached to an aromatic ring is 1. The standard InChI is InChI=1S/C13H12N4O3S/c14-13-16-7-2-1-6(5-9(7)21-13)11(19)15-8-3-4-10(18)17-12(8)20/h1-2,5,8H,3-4H2,(H2,14,16)(H,15,19)(H,17,18,20). The van der Waals surface area contributed by atoms with Crippen LogP contribution < -0.4 is 16.4 Å². The lowest BCUT2D eigenvalue weighted by Crippen LogP contribution is -2.52. The van der Waals surface area contributed by atoms with Crippen LogP contribution >= 0.6 is 11.3 Å². The van der Waals surface area contributed by atoms with Crippen LogP contribution in [0.1, 0.15) is 23.2 Å². The summed E-state index contributed by atoms with van der Waals surface area (Å²) in [5.74, 6) is -1.15. The molecule has 0 aliphatic carbocycles. The molecular formula is C13H12N4O3S. The highest BCUT2D eigenvalue weighted by Crippen LogP contribution is 2.24. The number of aromatic nitrogens is 1. The van der Waals surface area contributed by atoms with Crippen LogP contribution in [0.2, 0.25) is 0 Å². The largest absolute Gasteiger partial charge is 0.375 e. The van der Waals surface area contributed by atoms with Gasteiger partial charge in [0.05, 0.1) is 10.2 Å². The number of fused-ring (bicyclic) bond motifs is 1. The van der Waals surface area contributed by atoms with Crippen LogP contribution in [-0.2, 0) is 9.59 Å². The lowest BCUT2D eigenvalue weighted by atomic mass is 10.1. The average Bonchev–Trinajstić information content (AvgIpc) is 2.80. The van der Waals surface area contributed by atoms with Crippen molar-refractivity contribution in [1.82, 2.24) is 15.6 Å². The maximum atomic E-state index is 12.2. The molecule has 0 saturated carbocycles. The van der Waals surface area contributed by atoms with E-state index in [9.17, 15) is 14.4 Å². The van der Waals surface area contributed by atoms with Crippen LogP contribution in [0.5, 0.6) is 0 Å². The van der Waals surface area contributed by atoms with Crippen LogP contribution in [0.25, 0.3) is 10.2 Å². The number of nitrogens with one attached hydrogen (secondary N) is 2. The number of piperidine rings is 1. The van der Waals surface area contributed by atoms with E-state index in [1.54, 1.807) is 18.2 Å². The Bertz CT molecular complexity index is 755. The highest BCUT2D eigenvalue weighted by atomic mass is 32.1. The average molecular weight is 304 g/mol. The van der Waals surface area contributed by atoms with Crippen molar-refractivity contribution in [3.63, 3.8) is 0 Å². The minimum atomic E-state index is -0.683. The number of amides is 3. The minimum absolute atomic E-state index is 0.223. The van der Waals surface area contributed by atoms with Gasteiger partial charge in [0, 0.05) is 12.0 Å². The Morgan fingerprint density at radius 1 is 1.43 bits per heavy atom. The van der Waals surface area contributed by atoms with Crippen molar-refractivity contribution < 1.29 is 14.4 Å². The molecule has 7 nitrogen and oxygen atoms in total. The van der Waals surface area contributed by atoms with Crippen LogP contribution in [0.4, 0.5) is 5.13 Å². The van der Waals surface area contributed by atoms with Gasteiger partial charge in [-0.1, -0.05) is 11.3 Å². The molecule has 0 spiro atoms. The highest BCUT2D eigenvalue weighted by Gasteiger charge is 2.28. The maximum Gasteiger partial charge on any atom is 0.251 e. The number of thiazole rings is 1. The van der Waals surface area contributed by atoms with E-state index < -0.39 is 11.9 Å². The molecule has 21 heavy (non-hydrogen) atoms. The number of nitrogens with two attached hydrogens (primary N) is 1. The van der Waals surface area contributed by atoms with Gasteiger partial charge < -0.3 is 11.1 Å². The van der Waals surface area contributed by atoms with Crippen LogP contribution in [0.3, 0.4) is 0 Å². The maximum absolute atomic E-state index is 12.2. The Morgan fingerprint density at radius 2 is 2.24 bits per heavy atom. The number of carbonyl (C=O) groups is 3. The van der Waals surface area contributed by atoms with Gasteiger partial charge in [-0.2, -0.15) is 0 Å². The van der Waals surface area contributed by atoms with E-state index >= 15 is 0 Å². The molecule has 3 rings (SSSR count). The lowest BCUT2D eigenvalue weighted by molar-refractivity contribution is -0.134. The molecule has 2 heterocycles. The van der Waals surface area contributed by atoms with E-state index in [2.05, 4.69) is 15.6 Å². The van der Waals surface area contributed by atoms with E-state index in [0.29, 0.717) is 17.1 Å². The van der Waals surface area contributed by atoms with Gasteiger partial charge in [0.15, 0.2) is 5.13 Å². The Morgan fingerprint density at radius 3 is 3.00 bits per heavy atom. The first-order chi connectivity index (χ1) is 10.0. The zero-order valence-electron chi connectivity index (χ0n) is 10.9. The van der Waals surface area contributed by atoms with Crippen molar-refractivity contribution in [1.29, 1.82) is 0 Å². The van der Waals surface area contributed by atoms with Crippen LogP contribution in [0, 0.1) is 0 Å². The van der Waals surface area contributed by atoms with Gasteiger partial charge in [0.1, 0.15) is 6.04 Å². The third kappa shape index (κ3) is 2.70. The molecule has 0 bridgehead atoms. The molecule has 2 aromatic rings. The number of hydrogen-bond donors (Lipinski definition) is 3. The Kier molecular flexibility index (Phi) is 3.30. The van der Waals surface area contributed by atoms with Crippen molar-refractivity contribution in [3.05, 3.63) is 23.8 Å². The molecule has 4 N–H and O–H groups in total. The van der Waals surface area contributed by atoms with Crippen molar-refractivity contribution in [2.75, 3.05) is 5.73 Å². The fraction of sp³-hybridized carbons (Fsp3) is 0.231. The highest BCUT2D eigenvalue weighted by molar-refractivity contribution is 7.22. The minimum Gasteiger partial charge on any atom is -0.375 e. The second kappa shape index (κ2) is 5.13. The Labute approximate surface area is 123 Å². The Balaban J connectivity index is 1.77. The number of nitrogens with zero attached hydrogens (tertiary/aromatic N) is 1. The molecule has 1 aliphatic rings. The topological polar surface area (TPSA) is 114 Å². The normalized spacial score (nSPS) is 18.6. The third-order valence-corrected chi connectivity index (χ3v) is 4.06. The molecule has 1 atom stereocenters. The summed E-state index contributed by atoms with van der Waals surface area (Å²) in [6, 6.07) is 4.34. The second-order valence-electron chi connectivity index (χ2n) is 4.71. The van der Waals surface area contributed by atoms with Crippen molar-refractivity contribution in [2.45, 2.75) is 18.9 Å². The monoisotopic (exact) mass is 304 g/mol. The number of anilines is 1. The molecule has 108 valence electrons. The van der Waals surface area contributed by atoms with Gasteiger partial charge in [-0.15, -0.1) is 0 Å². The summed E-state index contributed by atoms with van der Waals surface area (Å²) < 4.78 is 0.809. The van der Waals surface area contributed by atoms with E-state index in [0.717, 1.165) is 10.2 Å². The van der Waals surface area contributed by atoms with E-state index in [4.69, 9.17) is 5.73 Å². The predicted molar refractivity (Wildman–Crippen MR) is 77.7 cm³/mol. The van der Waals surface area contributed by atoms with Crippen LogP contribution in [0.15, 0.2) is 18.2 Å². The van der Waals surface area contributed by atoms with Gasteiger partial charge >= 0.3 is 0 Å². The van der Waals surface area contributed by atoms with E-state index in [1.165, 1.54) is 11.3 Å². The SMILES string of the molecule is Nc1nc2ccc(C(=O)NC3CCC(=O)NC3=O)cc2s1. The summed E-state index contributed by atoms with van der Waals surface area (Å²) >= 11 is 1.29. The molecule has 1 aromatic heterocycles. The molecular weight excluding hydrogens is 292 g/mol. The number of hydrogen-bond acceptors (Lipinski definition) is 6. The second-order valence-corrected chi connectivity index (χ2v) is 5.77. The molecule has 0 radical (unpaired) electrons. The summed E-state index contributed by atoms with van der Waals surface area (Å²) in [6.07, 6.45) is 0.535. The molecule has 1 unspecified atom stereocenters. The van der Waals surface area contributed by atoms with E-state index in [-0.39, 0.29) is 18.2 Å². The number of carbonyl (C=O) groups excluding carboxylic acids is 3. The van der Waals surface area contributed by atoms with Gasteiger partial charge in [-0.05, 0) is 24.6 Å². The summed E-state index contributed by atoms with van der Waals surface area (Å²) in [6.45, 7) is 0. The van der Waals surface area contributed by atoms with Gasteiger partial charge in [0.25, 0.3) is 5.91 Å². The molecule has 1 aromatic carbocycles. The Hall–Kier alpha value is -2.48. The first kappa shape index (κ1) is 13.5. The fourth-order valence-corrected chi connectivity index (χ4v) is 2.93. The molecule has 1 fully saturated rings. The van der Waals surface area contributed by atoms with Crippen molar-refractivity contribution in [2.24, 2.45) is 0 Å². The van der Waals surface area contributed by atoms with Gasteiger partial charge in [-0.3, -0.25) is 19.7 Å². The third-order valence-electron chi connectivity index (χ3n) is 3.21. The quantitative estimate of drug-likeness (QED) is 0.695. The lowest BCUT2D eigenvalue weighted by Gasteiger charge is -2.21. The smallest absolute Gasteiger partial charge is 0.251 e. The van der Waals surface area contributed by atoms with Crippen molar-refractivity contribution in [3.8, 4) is 0 Å². The number of rotatable bonds is 2. The van der Waals surface area contributed by atoms with Crippen molar-refractivity contribution >= 4 is 44.4 Å². The van der Waals surface area contributed by atoms with Gasteiger partial charge in [-0.25, -0.2) is 4.98 Å². The van der Waals surface area contributed by atoms with Crippen LogP contribution in [-0.4, -0.2) is 28.7 Å². The zero-order chi connectivity index (χ0) is 15.0. The number of imide groups is 1. The summed E-state index contributed by atoms with van der Waals surface area (Å²) in [5.41, 5.74) is 6.78. The number of benzene rings is 1. The molecule has 3 amide bonds. The van der Waals surface area contributed by atoms with Gasteiger partial charge in [0.2, 0.25) is 11.8 Å². The summed E-state index contributed by atoms with van der Waals surface area (Å²) in [5, 5.41) is 5.27. The first-order valence-electron chi connectivity index (χ1n) is 6.33. The molecule has 8 heteroatoms. The first-order valence-corrected chi connectivity index (χ1v) is 7.15. The fourth-order valence-electron chi connectivity index (χ4n) is 2.16. The van der Waals surface area contributed by atoms with E-state index in [1.807, 2.05) is 0 Å². The molecule has 1 saturated heterocycles. The molecule has 1 aliphatic heterocycles.